The predicted molar refractivity (Wildman–Crippen MR) is 44.9 cm³/mol. The van der Waals surface area contributed by atoms with Crippen molar-refractivity contribution < 1.29 is 22.5 Å². The van der Waals surface area contributed by atoms with Crippen molar-refractivity contribution in [3.05, 3.63) is 0 Å². The zero-order valence-corrected chi connectivity index (χ0v) is 8.49. The third kappa shape index (κ3) is 3.02. The number of esters is 1. The second-order valence-corrected chi connectivity index (χ2v) is 4.63. The summed E-state index contributed by atoms with van der Waals surface area (Å²) in [5.74, 6) is -1.72. The molecule has 0 radical (unpaired) electrons. The van der Waals surface area contributed by atoms with E-state index in [1.54, 1.807) is 0 Å². The van der Waals surface area contributed by atoms with Crippen molar-refractivity contribution in [3.8, 4) is 0 Å². The summed E-state index contributed by atoms with van der Waals surface area (Å²) in [6.45, 7) is 3.96. The zero-order chi connectivity index (χ0) is 10.6. The molecule has 0 aliphatic heterocycles. The second-order valence-electron chi connectivity index (χ2n) is 2.58. The molecule has 0 aromatic carbocycles. The van der Waals surface area contributed by atoms with Crippen LogP contribution in [-0.2, 0) is 20.3 Å². The Bertz CT molecular complexity index is 216. The summed E-state index contributed by atoms with van der Waals surface area (Å²) in [6.07, 6.45) is 0. The first-order valence-electron chi connectivity index (χ1n) is 3.79. The molecule has 0 amide bonds. The highest BCUT2D eigenvalue weighted by Gasteiger charge is 2.48. The summed E-state index contributed by atoms with van der Waals surface area (Å²) in [7, 11) is -2.52. The maximum atomic E-state index is 12.9. The Hall–Kier alpha value is -0.520. The van der Waals surface area contributed by atoms with Crippen LogP contribution in [0.2, 0.25) is 0 Å². The van der Waals surface area contributed by atoms with Gasteiger partial charge < -0.3 is 4.74 Å². The summed E-state index contributed by atoms with van der Waals surface area (Å²) in [5, 5.41) is -4.68. The molecule has 0 aliphatic carbocycles. The summed E-state index contributed by atoms with van der Waals surface area (Å²) >= 11 is 0. The molecule has 0 aliphatic rings. The first-order chi connectivity index (χ1) is 5.84. The van der Waals surface area contributed by atoms with E-state index in [4.69, 9.17) is 0 Å². The lowest BCUT2D eigenvalue weighted by molar-refractivity contribution is -0.159. The van der Waals surface area contributed by atoms with Crippen molar-refractivity contribution in [1.82, 2.24) is 0 Å². The molecular formula is C7H12F2O3S. The van der Waals surface area contributed by atoms with Crippen molar-refractivity contribution in [3.63, 3.8) is 0 Å². The summed E-state index contributed by atoms with van der Waals surface area (Å²) < 4.78 is 40.8. The van der Waals surface area contributed by atoms with E-state index in [0.717, 1.165) is 0 Å². The summed E-state index contributed by atoms with van der Waals surface area (Å²) in [5.41, 5.74) is 0. The van der Waals surface area contributed by atoms with Gasteiger partial charge in [0.25, 0.3) is 0 Å². The van der Waals surface area contributed by atoms with E-state index in [1.165, 1.54) is 20.8 Å². The number of alkyl halides is 2. The lowest BCUT2D eigenvalue weighted by atomic mass is 10.6. The van der Waals surface area contributed by atoms with Gasteiger partial charge >= 0.3 is 11.2 Å². The lowest BCUT2D eigenvalue weighted by Crippen LogP contribution is -2.38. The van der Waals surface area contributed by atoms with Crippen molar-refractivity contribution in [1.29, 1.82) is 0 Å². The Labute approximate surface area is 77.9 Å². The van der Waals surface area contributed by atoms with E-state index in [1.807, 2.05) is 0 Å². The van der Waals surface area contributed by atoms with Crippen LogP contribution in [0.25, 0.3) is 0 Å². The molecule has 0 aromatic rings. The third-order valence-corrected chi connectivity index (χ3v) is 2.72. The Kier molecular flexibility index (Phi) is 4.46. The van der Waals surface area contributed by atoms with Crippen molar-refractivity contribution >= 4 is 16.8 Å². The van der Waals surface area contributed by atoms with Crippen LogP contribution in [0.1, 0.15) is 20.8 Å². The molecule has 13 heavy (non-hydrogen) atoms. The molecule has 0 bridgehead atoms. The highest BCUT2D eigenvalue weighted by molar-refractivity contribution is 7.87. The van der Waals surface area contributed by atoms with E-state index >= 15 is 0 Å². The van der Waals surface area contributed by atoms with Gasteiger partial charge in [0.05, 0.1) is 6.61 Å². The fourth-order valence-electron chi connectivity index (χ4n) is 0.593. The van der Waals surface area contributed by atoms with Crippen LogP contribution >= 0.6 is 0 Å². The average molecular weight is 214 g/mol. The van der Waals surface area contributed by atoms with Gasteiger partial charge in [-0.3, -0.25) is 4.21 Å². The normalized spacial score (nSPS) is 14.3. The SMILES string of the molecule is CCOC(=O)C(F)(F)S(=O)C(C)C. The molecule has 0 fully saturated rings. The molecule has 0 saturated carbocycles. The van der Waals surface area contributed by atoms with Crippen LogP contribution in [0.15, 0.2) is 0 Å². The minimum absolute atomic E-state index is 0.149. The Morgan fingerprint density at radius 2 is 2.00 bits per heavy atom. The fourth-order valence-corrected chi connectivity index (χ4v) is 1.41. The molecule has 0 spiro atoms. The van der Waals surface area contributed by atoms with Gasteiger partial charge in [-0.05, 0) is 6.92 Å². The maximum Gasteiger partial charge on any atom is 0.416 e. The van der Waals surface area contributed by atoms with Crippen LogP contribution in [0.4, 0.5) is 8.78 Å². The minimum Gasteiger partial charge on any atom is -0.461 e. The molecule has 6 heteroatoms. The van der Waals surface area contributed by atoms with Crippen LogP contribution in [0, 0.1) is 0 Å². The van der Waals surface area contributed by atoms with E-state index in [-0.39, 0.29) is 6.61 Å². The topological polar surface area (TPSA) is 43.4 Å². The Balaban J connectivity index is 4.55. The maximum absolute atomic E-state index is 12.9. The third-order valence-electron chi connectivity index (χ3n) is 1.19. The van der Waals surface area contributed by atoms with E-state index in [2.05, 4.69) is 4.74 Å². The van der Waals surface area contributed by atoms with E-state index in [0.29, 0.717) is 0 Å². The molecule has 0 heterocycles. The van der Waals surface area contributed by atoms with Crippen LogP contribution < -0.4 is 0 Å². The number of carbonyl (C=O) groups is 1. The minimum atomic E-state index is -3.90. The smallest absolute Gasteiger partial charge is 0.416 e. The number of hydrogen-bond acceptors (Lipinski definition) is 3. The molecule has 1 unspecified atom stereocenters. The van der Waals surface area contributed by atoms with Crippen molar-refractivity contribution in [2.24, 2.45) is 0 Å². The first-order valence-corrected chi connectivity index (χ1v) is 5.01. The van der Waals surface area contributed by atoms with Gasteiger partial charge in [0.2, 0.25) is 0 Å². The zero-order valence-electron chi connectivity index (χ0n) is 7.67. The quantitative estimate of drug-likeness (QED) is 0.662. The monoisotopic (exact) mass is 214 g/mol. The fraction of sp³-hybridized carbons (Fsp3) is 0.857. The van der Waals surface area contributed by atoms with Gasteiger partial charge in [-0.1, -0.05) is 13.8 Å². The van der Waals surface area contributed by atoms with E-state index in [9.17, 15) is 17.8 Å². The predicted octanol–water partition coefficient (Wildman–Crippen LogP) is 1.30. The summed E-state index contributed by atoms with van der Waals surface area (Å²) in [6, 6.07) is 0. The molecule has 3 nitrogen and oxygen atoms in total. The number of rotatable bonds is 4. The lowest BCUT2D eigenvalue weighted by Gasteiger charge is -2.15. The Morgan fingerprint density at radius 3 is 2.31 bits per heavy atom. The second kappa shape index (κ2) is 4.64. The number of halogens is 2. The first kappa shape index (κ1) is 12.5. The molecule has 0 saturated heterocycles. The molecule has 1 atom stereocenters. The van der Waals surface area contributed by atoms with Gasteiger partial charge in [-0.15, -0.1) is 0 Å². The van der Waals surface area contributed by atoms with Crippen molar-refractivity contribution in [2.75, 3.05) is 6.61 Å². The Morgan fingerprint density at radius 1 is 1.54 bits per heavy atom. The molecule has 0 rings (SSSR count). The standard InChI is InChI=1S/C7H12F2O3S/c1-4-12-6(10)7(8,9)13(11)5(2)3/h5H,4H2,1-3H3. The molecule has 0 aromatic heterocycles. The number of ether oxygens (including phenoxy) is 1. The van der Waals surface area contributed by atoms with Gasteiger partial charge in [0, 0.05) is 5.25 Å². The highest BCUT2D eigenvalue weighted by atomic mass is 32.2. The van der Waals surface area contributed by atoms with Gasteiger partial charge in [0.15, 0.2) is 0 Å². The summed E-state index contributed by atoms with van der Waals surface area (Å²) in [4.78, 5) is 10.6. The molecular weight excluding hydrogens is 202 g/mol. The molecule has 78 valence electrons. The number of carbonyl (C=O) groups excluding carboxylic acids is 1. The number of hydrogen-bond donors (Lipinski definition) is 0. The van der Waals surface area contributed by atoms with Crippen LogP contribution in [-0.4, -0.2) is 27.3 Å². The highest BCUT2D eigenvalue weighted by Crippen LogP contribution is 2.23. The van der Waals surface area contributed by atoms with E-state index < -0.39 is 27.3 Å². The average Bonchev–Trinajstić information content (AvgIpc) is 2.03. The van der Waals surface area contributed by atoms with Crippen LogP contribution in [0.5, 0.6) is 0 Å². The van der Waals surface area contributed by atoms with Gasteiger partial charge in [0.1, 0.15) is 10.8 Å². The van der Waals surface area contributed by atoms with Crippen LogP contribution in [0.3, 0.4) is 0 Å². The largest absolute Gasteiger partial charge is 0.461 e. The van der Waals surface area contributed by atoms with Gasteiger partial charge in [-0.25, -0.2) is 4.79 Å². The molecule has 0 N–H and O–H groups in total. The van der Waals surface area contributed by atoms with Crippen molar-refractivity contribution in [2.45, 2.75) is 31.3 Å². The van der Waals surface area contributed by atoms with Gasteiger partial charge in [-0.2, -0.15) is 8.78 Å².